The van der Waals surface area contributed by atoms with Gasteiger partial charge in [-0.05, 0) is 25.2 Å². The Bertz CT molecular complexity index is 161. The first kappa shape index (κ1) is 12.0. The number of rotatable bonds is 5. The van der Waals surface area contributed by atoms with Gasteiger partial charge in [-0.15, -0.1) is 0 Å². The van der Waals surface area contributed by atoms with Gasteiger partial charge >= 0.3 is 0 Å². The Morgan fingerprint density at radius 2 is 2.21 bits per heavy atom. The molecule has 0 spiro atoms. The fourth-order valence-electron chi connectivity index (χ4n) is 1.72. The van der Waals surface area contributed by atoms with Gasteiger partial charge in [-0.1, -0.05) is 13.8 Å². The van der Waals surface area contributed by atoms with E-state index in [4.69, 9.17) is 10.5 Å². The molecule has 0 saturated carbocycles. The van der Waals surface area contributed by atoms with Crippen molar-refractivity contribution >= 4 is 0 Å². The molecule has 0 radical (unpaired) electrons. The van der Waals surface area contributed by atoms with Crippen LogP contribution in [-0.4, -0.2) is 31.8 Å². The van der Waals surface area contributed by atoms with Crippen LogP contribution in [0.15, 0.2) is 0 Å². The molecule has 0 aromatic carbocycles. The third-order valence-electron chi connectivity index (χ3n) is 3.18. The highest BCUT2D eigenvalue weighted by molar-refractivity contribution is 4.76. The van der Waals surface area contributed by atoms with Gasteiger partial charge in [-0.25, -0.2) is 0 Å². The molecule has 3 unspecified atom stereocenters. The summed E-state index contributed by atoms with van der Waals surface area (Å²) in [7, 11) is 0. The predicted octanol–water partition coefficient (Wildman–Crippen LogP) is 0.984. The normalized spacial score (nSPS) is 29.8. The summed E-state index contributed by atoms with van der Waals surface area (Å²) in [5.41, 5.74) is 5.94. The molecule has 0 aromatic heterocycles. The van der Waals surface area contributed by atoms with Crippen molar-refractivity contribution in [2.45, 2.75) is 39.3 Å². The van der Waals surface area contributed by atoms with Crippen LogP contribution in [0.1, 0.15) is 27.2 Å². The molecule has 0 bridgehead atoms. The summed E-state index contributed by atoms with van der Waals surface area (Å²) >= 11 is 0. The second-order valence-corrected chi connectivity index (χ2v) is 4.69. The molecule has 0 aliphatic carbocycles. The van der Waals surface area contributed by atoms with E-state index in [0.717, 1.165) is 19.7 Å². The van der Waals surface area contributed by atoms with E-state index in [1.165, 1.54) is 6.42 Å². The molecule has 84 valence electrons. The van der Waals surface area contributed by atoms with Gasteiger partial charge in [0.15, 0.2) is 0 Å². The quantitative estimate of drug-likeness (QED) is 0.695. The highest BCUT2D eigenvalue weighted by atomic mass is 16.5. The highest BCUT2D eigenvalue weighted by Gasteiger charge is 2.23. The summed E-state index contributed by atoms with van der Waals surface area (Å²) in [5.74, 6) is 1.23. The van der Waals surface area contributed by atoms with E-state index >= 15 is 0 Å². The lowest BCUT2D eigenvalue weighted by Gasteiger charge is -2.19. The largest absolute Gasteiger partial charge is 0.378 e. The van der Waals surface area contributed by atoms with E-state index in [1.807, 2.05) is 0 Å². The molecule has 1 aliphatic heterocycles. The van der Waals surface area contributed by atoms with Gasteiger partial charge in [0, 0.05) is 25.7 Å². The molecule has 3 N–H and O–H groups in total. The molecular formula is C11H24N2O. The summed E-state index contributed by atoms with van der Waals surface area (Å²) in [4.78, 5) is 0. The van der Waals surface area contributed by atoms with Crippen LogP contribution in [-0.2, 0) is 4.74 Å². The average Bonchev–Trinajstić information content (AvgIpc) is 2.51. The van der Waals surface area contributed by atoms with Crippen LogP contribution in [0.25, 0.3) is 0 Å². The number of ether oxygens (including phenoxy) is 1. The van der Waals surface area contributed by atoms with Gasteiger partial charge in [0.1, 0.15) is 0 Å². The average molecular weight is 200 g/mol. The van der Waals surface area contributed by atoms with Crippen molar-refractivity contribution in [2.75, 3.05) is 19.7 Å². The molecule has 1 saturated heterocycles. The summed E-state index contributed by atoms with van der Waals surface area (Å²) in [6, 6.07) is 0.271. The molecule has 3 atom stereocenters. The van der Waals surface area contributed by atoms with Crippen molar-refractivity contribution < 1.29 is 4.74 Å². The first-order chi connectivity index (χ1) is 6.61. The molecule has 1 aliphatic rings. The molecule has 0 aromatic rings. The zero-order chi connectivity index (χ0) is 10.6. The van der Waals surface area contributed by atoms with E-state index in [-0.39, 0.29) is 6.04 Å². The van der Waals surface area contributed by atoms with Crippen LogP contribution >= 0.6 is 0 Å². The lowest BCUT2D eigenvalue weighted by Crippen LogP contribution is -2.40. The Morgan fingerprint density at radius 3 is 2.71 bits per heavy atom. The van der Waals surface area contributed by atoms with E-state index in [1.54, 1.807) is 0 Å². The van der Waals surface area contributed by atoms with Crippen LogP contribution in [0.5, 0.6) is 0 Å². The molecule has 1 rings (SSSR count). The van der Waals surface area contributed by atoms with Crippen LogP contribution in [0.3, 0.4) is 0 Å². The van der Waals surface area contributed by atoms with Crippen molar-refractivity contribution in [3.8, 4) is 0 Å². The Kier molecular flexibility index (Phi) is 4.85. The highest BCUT2D eigenvalue weighted by Crippen LogP contribution is 2.19. The van der Waals surface area contributed by atoms with E-state index < -0.39 is 0 Å². The lowest BCUT2D eigenvalue weighted by atomic mass is 10.0. The number of nitrogens with two attached hydrogens (primary N) is 1. The minimum absolute atomic E-state index is 0.271. The van der Waals surface area contributed by atoms with Gasteiger partial charge in [0.2, 0.25) is 0 Å². The summed E-state index contributed by atoms with van der Waals surface area (Å²) in [6.45, 7) is 9.36. The maximum absolute atomic E-state index is 5.94. The molecule has 1 heterocycles. The van der Waals surface area contributed by atoms with Gasteiger partial charge in [0.05, 0.1) is 6.10 Å². The zero-order valence-corrected chi connectivity index (χ0v) is 9.62. The second kappa shape index (κ2) is 5.69. The standard InChI is InChI=1S/C11H24N2O/c1-8(2)11(12)7-13-6-10-4-5-14-9(10)3/h8-11,13H,4-7,12H2,1-3H3. The first-order valence-corrected chi connectivity index (χ1v) is 5.69. The van der Waals surface area contributed by atoms with E-state index in [2.05, 4.69) is 26.1 Å². The number of hydrogen-bond donors (Lipinski definition) is 2. The third-order valence-corrected chi connectivity index (χ3v) is 3.18. The molecule has 3 nitrogen and oxygen atoms in total. The SMILES string of the molecule is CC(C)C(N)CNCC1CCOC1C. The van der Waals surface area contributed by atoms with Crippen LogP contribution in [0.4, 0.5) is 0 Å². The van der Waals surface area contributed by atoms with Crippen LogP contribution in [0, 0.1) is 11.8 Å². The van der Waals surface area contributed by atoms with Crippen molar-refractivity contribution in [3.05, 3.63) is 0 Å². The molecule has 1 fully saturated rings. The van der Waals surface area contributed by atoms with E-state index in [0.29, 0.717) is 17.9 Å². The Labute approximate surface area is 87.4 Å². The fraction of sp³-hybridized carbons (Fsp3) is 1.00. The maximum Gasteiger partial charge on any atom is 0.0588 e. The minimum atomic E-state index is 0.271. The Morgan fingerprint density at radius 1 is 1.50 bits per heavy atom. The van der Waals surface area contributed by atoms with Crippen molar-refractivity contribution in [1.82, 2.24) is 5.32 Å². The first-order valence-electron chi connectivity index (χ1n) is 5.69. The van der Waals surface area contributed by atoms with Crippen LogP contribution < -0.4 is 11.1 Å². The molecular weight excluding hydrogens is 176 g/mol. The van der Waals surface area contributed by atoms with Gasteiger partial charge in [-0.3, -0.25) is 0 Å². The van der Waals surface area contributed by atoms with Gasteiger partial charge < -0.3 is 15.8 Å². The van der Waals surface area contributed by atoms with Gasteiger partial charge in [-0.2, -0.15) is 0 Å². The molecule has 0 amide bonds. The summed E-state index contributed by atoms with van der Waals surface area (Å²) in [6.07, 6.45) is 1.60. The predicted molar refractivity (Wildman–Crippen MR) is 59.2 cm³/mol. The van der Waals surface area contributed by atoms with Gasteiger partial charge in [0.25, 0.3) is 0 Å². The summed E-state index contributed by atoms with van der Waals surface area (Å²) in [5, 5.41) is 3.43. The third kappa shape index (κ3) is 3.56. The van der Waals surface area contributed by atoms with Crippen LogP contribution in [0.2, 0.25) is 0 Å². The van der Waals surface area contributed by atoms with Crippen molar-refractivity contribution in [1.29, 1.82) is 0 Å². The minimum Gasteiger partial charge on any atom is -0.378 e. The van der Waals surface area contributed by atoms with Crippen molar-refractivity contribution in [3.63, 3.8) is 0 Å². The number of hydrogen-bond acceptors (Lipinski definition) is 3. The Balaban J connectivity index is 2.09. The second-order valence-electron chi connectivity index (χ2n) is 4.69. The lowest BCUT2D eigenvalue weighted by molar-refractivity contribution is 0.105. The van der Waals surface area contributed by atoms with Crippen molar-refractivity contribution in [2.24, 2.45) is 17.6 Å². The number of nitrogens with one attached hydrogen (secondary N) is 1. The zero-order valence-electron chi connectivity index (χ0n) is 9.62. The summed E-state index contributed by atoms with van der Waals surface area (Å²) < 4.78 is 5.50. The molecule has 14 heavy (non-hydrogen) atoms. The topological polar surface area (TPSA) is 47.3 Å². The monoisotopic (exact) mass is 200 g/mol. The van der Waals surface area contributed by atoms with E-state index in [9.17, 15) is 0 Å². The fourth-order valence-corrected chi connectivity index (χ4v) is 1.72. The molecule has 3 heteroatoms. The Hall–Kier alpha value is -0.120. The maximum atomic E-state index is 5.94. The smallest absolute Gasteiger partial charge is 0.0588 e.